The summed E-state index contributed by atoms with van der Waals surface area (Å²) in [6.07, 6.45) is 3.14. The standard InChI is InChI=1S/C22H33N3O3/c1-5-25(6-2)16-20(26)17-28-21-10-9-18(12-22(21)27-4)14-24(3)15-19-8-7-11-23-13-19/h7-13,20,26H,5-6,14-17H2,1-4H3/t20-/m1/s1. The van der Waals surface area contributed by atoms with Crippen LogP contribution in [0, 0.1) is 0 Å². The van der Waals surface area contributed by atoms with Crippen molar-refractivity contribution in [2.75, 3.05) is 40.4 Å². The number of methoxy groups -OCH3 is 1. The third-order valence-corrected chi connectivity index (χ3v) is 4.65. The maximum atomic E-state index is 10.2. The molecule has 0 unspecified atom stereocenters. The smallest absolute Gasteiger partial charge is 0.161 e. The quantitative estimate of drug-likeness (QED) is 0.604. The fourth-order valence-corrected chi connectivity index (χ4v) is 3.12. The molecule has 0 saturated carbocycles. The molecule has 2 rings (SSSR count). The van der Waals surface area contributed by atoms with Crippen LogP contribution in [0.4, 0.5) is 0 Å². The van der Waals surface area contributed by atoms with E-state index >= 15 is 0 Å². The molecule has 1 aromatic heterocycles. The van der Waals surface area contributed by atoms with Crippen LogP contribution < -0.4 is 9.47 Å². The number of pyridine rings is 1. The minimum atomic E-state index is -0.533. The first-order chi connectivity index (χ1) is 13.5. The van der Waals surface area contributed by atoms with Gasteiger partial charge in [0.1, 0.15) is 12.7 Å². The molecule has 1 N–H and O–H groups in total. The number of aliphatic hydroxyl groups excluding tert-OH is 1. The van der Waals surface area contributed by atoms with Crippen LogP contribution >= 0.6 is 0 Å². The van der Waals surface area contributed by atoms with E-state index in [4.69, 9.17) is 9.47 Å². The number of hydrogen-bond acceptors (Lipinski definition) is 6. The van der Waals surface area contributed by atoms with Crippen LogP contribution in [0.5, 0.6) is 11.5 Å². The van der Waals surface area contributed by atoms with Crippen molar-refractivity contribution in [3.8, 4) is 11.5 Å². The Bertz CT molecular complexity index is 693. The minimum absolute atomic E-state index is 0.243. The van der Waals surface area contributed by atoms with Gasteiger partial charge in [0.25, 0.3) is 0 Å². The maximum Gasteiger partial charge on any atom is 0.161 e. The second-order valence-corrected chi connectivity index (χ2v) is 6.97. The molecular weight excluding hydrogens is 354 g/mol. The third kappa shape index (κ3) is 7.11. The predicted molar refractivity (Wildman–Crippen MR) is 112 cm³/mol. The number of benzene rings is 1. The van der Waals surface area contributed by atoms with Gasteiger partial charge in [0.2, 0.25) is 0 Å². The van der Waals surface area contributed by atoms with Gasteiger partial charge >= 0.3 is 0 Å². The lowest BCUT2D eigenvalue weighted by Gasteiger charge is -2.22. The van der Waals surface area contributed by atoms with E-state index in [0.717, 1.165) is 31.7 Å². The molecule has 1 heterocycles. The summed E-state index contributed by atoms with van der Waals surface area (Å²) in [5.74, 6) is 1.34. The number of aromatic nitrogens is 1. The summed E-state index contributed by atoms with van der Waals surface area (Å²) in [6, 6.07) is 9.97. The first kappa shape index (κ1) is 22.1. The summed E-state index contributed by atoms with van der Waals surface area (Å²) in [5.41, 5.74) is 2.32. The van der Waals surface area contributed by atoms with Crippen LogP contribution in [-0.4, -0.2) is 66.4 Å². The Balaban J connectivity index is 1.92. The second kappa shape index (κ2) is 11.6. The molecule has 0 radical (unpaired) electrons. The lowest BCUT2D eigenvalue weighted by atomic mass is 10.1. The molecule has 2 aromatic rings. The van der Waals surface area contributed by atoms with Gasteiger partial charge in [0, 0.05) is 32.0 Å². The highest BCUT2D eigenvalue weighted by atomic mass is 16.5. The zero-order chi connectivity index (χ0) is 20.4. The van der Waals surface area contributed by atoms with Gasteiger partial charge in [-0.15, -0.1) is 0 Å². The summed E-state index contributed by atoms with van der Waals surface area (Å²) in [6.45, 7) is 8.46. The first-order valence-corrected chi connectivity index (χ1v) is 9.83. The van der Waals surface area contributed by atoms with Gasteiger partial charge in [0.15, 0.2) is 11.5 Å². The fourth-order valence-electron chi connectivity index (χ4n) is 3.12. The van der Waals surface area contributed by atoms with Crippen molar-refractivity contribution in [2.24, 2.45) is 0 Å². The normalized spacial score (nSPS) is 12.4. The largest absolute Gasteiger partial charge is 0.493 e. The molecule has 154 valence electrons. The Morgan fingerprint density at radius 3 is 2.46 bits per heavy atom. The summed E-state index contributed by atoms with van der Waals surface area (Å²) in [7, 11) is 3.71. The van der Waals surface area contributed by atoms with E-state index in [2.05, 4.69) is 41.7 Å². The van der Waals surface area contributed by atoms with E-state index in [1.54, 1.807) is 13.3 Å². The molecular formula is C22H33N3O3. The summed E-state index contributed by atoms with van der Waals surface area (Å²) < 4.78 is 11.3. The molecule has 0 bridgehead atoms. The Kier molecular flexibility index (Phi) is 9.20. The van der Waals surface area contributed by atoms with Gasteiger partial charge in [0.05, 0.1) is 7.11 Å². The topological polar surface area (TPSA) is 58.1 Å². The van der Waals surface area contributed by atoms with Crippen molar-refractivity contribution in [2.45, 2.75) is 33.0 Å². The number of likely N-dealkylation sites (N-methyl/N-ethyl adjacent to an activating group) is 1. The van der Waals surface area contributed by atoms with Gasteiger partial charge in [-0.3, -0.25) is 9.88 Å². The molecule has 28 heavy (non-hydrogen) atoms. The molecule has 0 aliphatic heterocycles. The monoisotopic (exact) mass is 387 g/mol. The lowest BCUT2D eigenvalue weighted by Crippen LogP contribution is -2.35. The number of aliphatic hydroxyl groups is 1. The van der Waals surface area contributed by atoms with E-state index < -0.39 is 6.10 Å². The van der Waals surface area contributed by atoms with Crippen molar-refractivity contribution in [3.05, 3.63) is 53.9 Å². The highest BCUT2D eigenvalue weighted by Crippen LogP contribution is 2.28. The number of hydrogen-bond donors (Lipinski definition) is 1. The summed E-state index contributed by atoms with van der Waals surface area (Å²) >= 11 is 0. The molecule has 0 aliphatic rings. The maximum absolute atomic E-state index is 10.2. The van der Waals surface area contributed by atoms with Crippen molar-refractivity contribution in [3.63, 3.8) is 0 Å². The molecule has 0 spiro atoms. The zero-order valence-electron chi connectivity index (χ0n) is 17.5. The average Bonchev–Trinajstić information content (AvgIpc) is 2.71. The zero-order valence-corrected chi connectivity index (χ0v) is 17.5. The molecule has 0 amide bonds. The van der Waals surface area contributed by atoms with Crippen molar-refractivity contribution < 1.29 is 14.6 Å². The number of ether oxygens (including phenoxy) is 2. The van der Waals surface area contributed by atoms with Gasteiger partial charge in [-0.05, 0) is 49.5 Å². The van der Waals surface area contributed by atoms with Crippen LogP contribution in [0.2, 0.25) is 0 Å². The Morgan fingerprint density at radius 1 is 1.07 bits per heavy atom. The Hall–Kier alpha value is -2.15. The van der Waals surface area contributed by atoms with Crippen LogP contribution in [0.25, 0.3) is 0 Å². The lowest BCUT2D eigenvalue weighted by molar-refractivity contribution is 0.0705. The Labute approximate surface area is 168 Å². The molecule has 6 heteroatoms. The highest BCUT2D eigenvalue weighted by Gasteiger charge is 2.13. The van der Waals surface area contributed by atoms with E-state index in [1.807, 2.05) is 30.5 Å². The van der Waals surface area contributed by atoms with Gasteiger partial charge < -0.3 is 19.5 Å². The van der Waals surface area contributed by atoms with Crippen LogP contribution in [-0.2, 0) is 13.1 Å². The second-order valence-electron chi connectivity index (χ2n) is 6.97. The van der Waals surface area contributed by atoms with E-state index in [-0.39, 0.29) is 6.61 Å². The summed E-state index contributed by atoms with van der Waals surface area (Å²) in [4.78, 5) is 8.56. The van der Waals surface area contributed by atoms with Crippen LogP contribution in [0.1, 0.15) is 25.0 Å². The third-order valence-electron chi connectivity index (χ3n) is 4.65. The predicted octanol–water partition coefficient (Wildman–Crippen LogP) is 2.80. The first-order valence-electron chi connectivity index (χ1n) is 9.83. The van der Waals surface area contributed by atoms with Crippen LogP contribution in [0.15, 0.2) is 42.7 Å². The fraction of sp³-hybridized carbons (Fsp3) is 0.500. The molecule has 1 atom stereocenters. The van der Waals surface area contributed by atoms with Crippen LogP contribution in [0.3, 0.4) is 0 Å². The summed E-state index contributed by atoms with van der Waals surface area (Å²) in [5, 5.41) is 10.2. The van der Waals surface area contributed by atoms with Crippen molar-refractivity contribution in [1.29, 1.82) is 0 Å². The molecule has 6 nitrogen and oxygen atoms in total. The van der Waals surface area contributed by atoms with Gasteiger partial charge in [-0.1, -0.05) is 26.0 Å². The number of rotatable bonds is 12. The molecule has 0 fully saturated rings. The highest BCUT2D eigenvalue weighted by molar-refractivity contribution is 5.43. The average molecular weight is 388 g/mol. The molecule has 1 aromatic carbocycles. The Morgan fingerprint density at radius 2 is 1.82 bits per heavy atom. The van der Waals surface area contributed by atoms with E-state index in [0.29, 0.717) is 18.0 Å². The molecule has 0 aliphatic carbocycles. The SMILES string of the molecule is CCN(CC)C[C@@H](O)COc1ccc(CN(C)Cc2cccnc2)cc1OC. The van der Waals surface area contributed by atoms with Crippen molar-refractivity contribution in [1.82, 2.24) is 14.8 Å². The molecule has 0 saturated heterocycles. The van der Waals surface area contributed by atoms with Gasteiger partial charge in [-0.25, -0.2) is 0 Å². The van der Waals surface area contributed by atoms with Crippen molar-refractivity contribution >= 4 is 0 Å². The van der Waals surface area contributed by atoms with Gasteiger partial charge in [-0.2, -0.15) is 0 Å². The minimum Gasteiger partial charge on any atom is -0.493 e. The van der Waals surface area contributed by atoms with E-state index in [1.165, 1.54) is 5.56 Å². The van der Waals surface area contributed by atoms with E-state index in [9.17, 15) is 5.11 Å². The number of nitrogens with zero attached hydrogens (tertiary/aromatic N) is 3.